The molecule has 11 heteroatoms. The third-order valence-corrected chi connectivity index (χ3v) is 9.39. The van der Waals surface area contributed by atoms with Crippen LogP contribution in [0.25, 0.3) is 0 Å². The number of ether oxygens (including phenoxy) is 1. The Morgan fingerprint density at radius 3 is 2.76 bits per heavy atom. The maximum absolute atomic E-state index is 14.2. The maximum Gasteiger partial charge on any atom is 0.410 e. The summed E-state index contributed by atoms with van der Waals surface area (Å²) in [5.74, 6) is -0.999. The molecule has 5 atom stereocenters. The number of benzene rings is 1. The monoisotopic (exact) mass is 581 g/mol. The van der Waals surface area contributed by atoms with Gasteiger partial charge in [-0.2, -0.15) is 0 Å². The van der Waals surface area contributed by atoms with Gasteiger partial charge in [-0.25, -0.2) is 9.18 Å². The average molecular weight is 582 g/mol. The molecule has 0 aromatic heterocycles. The van der Waals surface area contributed by atoms with Crippen LogP contribution in [0, 0.1) is 17.7 Å². The summed E-state index contributed by atoms with van der Waals surface area (Å²) in [6.07, 6.45) is 9.53. The van der Waals surface area contributed by atoms with E-state index in [0.717, 1.165) is 44.1 Å². The van der Waals surface area contributed by atoms with Gasteiger partial charge in [0.15, 0.2) is 0 Å². The van der Waals surface area contributed by atoms with Gasteiger partial charge in [-0.3, -0.25) is 19.3 Å². The lowest BCUT2D eigenvalue weighted by molar-refractivity contribution is -0.140. The molecule has 0 spiro atoms. The van der Waals surface area contributed by atoms with Gasteiger partial charge in [0.1, 0.15) is 23.5 Å². The highest BCUT2D eigenvalue weighted by atomic mass is 19.1. The van der Waals surface area contributed by atoms with Gasteiger partial charge < -0.3 is 26.0 Å². The van der Waals surface area contributed by atoms with E-state index in [9.17, 15) is 23.6 Å². The van der Waals surface area contributed by atoms with Crippen LogP contribution in [0.5, 0.6) is 0 Å². The molecule has 2 aliphatic carbocycles. The number of carbonyl (C=O) groups excluding carboxylic acids is 4. The zero-order chi connectivity index (χ0) is 29.4. The highest BCUT2D eigenvalue weighted by Crippen LogP contribution is 2.46. The van der Waals surface area contributed by atoms with E-state index < -0.39 is 35.7 Å². The van der Waals surface area contributed by atoms with Crippen molar-refractivity contribution in [2.45, 2.75) is 94.6 Å². The predicted octanol–water partition coefficient (Wildman–Crippen LogP) is 2.50. The first-order valence-corrected chi connectivity index (χ1v) is 15.3. The van der Waals surface area contributed by atoms with Crippen molar-refractivity contribution in [2.75, 3.05) is 13.1 Å². The van der Waals surface area contributed by atoms with E-state index in [1.807, 2.05) is 6.08 Å². The van der Waals surface area contributed by atoms with Crippen molar-refractivity contribution >= 4 is 23.8 Å². The van der Waals surface area contributed by atoms with Crippen molar-refractivity contribution in [3.8, 4) is 0 Å². The summed E-state index contributed by atoms with van der Waals surface area (Å²) in [4.78, 5) is 56.6. The van der Waals surface area contributed by atoms with Crippen molar-refractivity contribution in [3.05, 3.63) is 47.3 Å². The molecule has 5 aliphatic rings. The van der Waals surface area contributed by atoms with Crippen LogP contribution in [0.15, 0.2) is 30.4 Å². The molecule has 0 radical (unpaired) electrons. The van der Waals surface area contributed by atoms with E-state index in [1.54, 1.807) is 12.1 Å². The lowest BCUT2D eigenvalue weighted by Gasteiger charge is -2.28. The molecule has 3 aliphatic heterocycles. The molecule has 0 unspecified atom stereocenters. The topological polar surface area (TPSA) is 134 Å². The minimum absolute atomic E-state index is 0.0235. The summed E-state index contributed by atoms with van der Waals surface area (Å²) < 4.78 is 20.0. The minimum atomic E-state index is -1.06. The Morgan fingerprint density at radius 2 is 1.98 bits per heavy atom. The van der Waals surface area contributed by atoms with Gasteiger partial charge in [-0.05, 0) is 56.1 Å². The molecular formula is C31H40FN5O5. The van der Waals surface area contributed by atoms with Crippen LogP contribution in [0.2, 0.25) is 0 Å². The number of nitrogens with two attached hydrogens (primary N) is 1. The van der Waals surface area contributed by atoms with Gasteiger partial charge in [-0.15, -0.1) is 0 Å². The number of halogens is 1. The number of hydrogen-bond donors (Lipinski definition) is 3. The van der Waals surface area contributed by atoms with Gasteiger partial charge in [0.25, 0.3) is 0 Å². The Kier molecular flexibility index (Phi) is 7.95. The molecule has 4 amide bonds. The first-order valence-electron chi connectivity index (χ1n) is 15.3. The second-order valence-corrected chi connectivity index (χ2v) is 12.6. The molecular weight excluding hydrogens is 541 g/mol. The van der Waals surface area contributed by atoms with Crippen LogP contribution in [-0.2, 0) is 32.2 Å². The first-order chi connectivity index (χ1) is 20.2. The molecule has 3 heterocycles. The smallest absolute Gasteiger partial charge is 0.410 e. The average Bonchev–Trinajstić information content (AvgIpc) is 3.83. The molecule has 3 fully saturated rings. The molecule has 1 aromatic carbocycles. The molecule has 2 saturated carbocycles. The predicted molar refractivity (Wildman–Crippen MR) is 151 cm³/mol. The zero-order valence-corrected chi connectivity index (χ0v) is 23.9. The molecule has 4 N–H and O–H groups in total. The largest absolute Gasteiger partial charge is 0.444 e. The Labute approximate surface area is 245 Å². The van der Waals surface area contributed by atoms with E-state index in [1.165, 1.54) is 15.9 Å². The number of nitrogens with one attached hydrogen (secondary N) is 2. The summed E-state index contributed by atoms with van der Waals surface area (Å²) in [6, 6.07) is 3.04. The molecule has 1 aromatic rings. The molecule has 42 heavy (non-hydrogen) atoms. The standard InChI is InChI=1S/C31H40FN5O5/c32-24-9-6-7-20-16-36(18-23(20)24)30(41)42-22-13-26-27(38)35-31(29(40)34-15-19-11-12-19)14-21(31)8-4-2-1-3-5-10-25(33)28(39)37(26)17-22/h4,6-9,19,21-22,25-26H,1-3,5,10-18,33H2,(H,34,40)(H,35,38)/t21-,22-,25+,26+,31-/m1/s1. The van der Waals surface area contributed by atoms with E-state index in [-0.39, 0.29) is 49.6 Å². The Bertz CT molecular complexity index is 1280. The molecule has 1 saturated heterocycles. The molecule has 10 nitrogen and oxygen atoms in total. The fourth-order valence-corrected chi connectivity index (χ4v) is 6.50. The Hall–Kier alpha value is -3.47. The highest BCUT2D eigenvalue weighted by molar-refractivity contribution is 5.98. The van der Waals surface area contributed by atoms with E-state index in [2.05, 4.69) is 16.7 Å². The van der Waals surface area contributed by atoms with E-state index in [0.29, 0.717) is 30.9 Å². The van der Waals surface area contributed by atoms with Crippen LogP contribution in [0.1, 0.15) is 68.9 Å². The van der Waals surface area contributed by atoms with Crippen molar-refractivity contribution in [2.24, 2.45) is 17.6 Å². The lowest BCUT2D eigenvalue weighted by Crippen LogP contribution is -2.57. The van der Waals surface area contributed by atoms with Crippen molar-refractivity contribution in [3.63, 3.8) is 0 Å². The minimum Gasteiger partial charge on any atom is -0.444 e. The van der Waals surface area contributed by atoms with Crippen LogP contribution in [-0.4, -0.2) is 70.4 Å². The molecule has 6 rings (SSSR count). The van der Waals surface area contributed by atoms with Crippen LogP contribution < -0.4 is 16.4 Å². The van der Waals surface area contributed by atoms with Crippen LogP contribution in [0.4, 0.5) is 9.18 Å². The third kappa shape index (κ3) is 5.88. The molecule has 0 bridgehead atoms. The van der Waals surface area contributed by atoms with Crippen LogP contribution >= 0.6 is 0 Å². The number of allylic oxidation sites excluding steroid dienone is 1. The SMILES string of the molecule is N[C@H]1CCCCCC=C[C@@H]2C[C@@]2(C(=O)NCC2CC2)NC(=O)[C@@H]2C[C@@H](OC(=O)N3Cc4cccc(F)c4C3)CN2C1=O. The summed E-state index contributed by atoms with van der Waals surface area (Å²) in [5.41, 5.74) is 6.44. The van der Waals surface area contributed by atoms with Crippen molar-refractivity contribution < 1.29 is 28.3 Å². The fraction of sp³-hybridized carbons (Fsp3) is 0.613. The number of nitrogens with zero attached hydrogens (tertiary/aromatic N) is 2. The number of carbonyl (C=O) groups is 4. The Balaban J connectivity index is 1.18. The van der Waals surface area contributed by atoms with E-state index in [4.69, 9.17) is 10.5 Å². The van der Waals surface area contributed by atoms with Gasteiger partial charge in [0, 0.05) is 31.0 Å². The quantitative estimate of drug-likeness (QED) is 0.468. The number of fused-ring (bicyclic) bond motifs is 3. The maximum atomic E-state index is 14.2. The van der Waals surface area contributed by atoms with Gasteiger partial charge in [0.05, 0.1) is 19.1 Å². The first kappa shape index (κ1) is 28.6. The summed E-state index contributed by atoms with van der Waals surface area (Å²) in [6.45, 7) is 0.940. The summed E-state index contributed by atoms with van der Waals surface area (Å²) >= 11 is 0. The second-order valence-electron chi connectivity index (χ2n) is 12.6. The summed E-state index contributed by atoms with van der Waals surface area (Å²) in [7, 11) is 0. The number of amides is 4. The summed E-state index contributed by atoms with van der Waals surface area (Å²) in [5, 5.41) is 6.03. The van der Waals surface area contributed by atoms with Gasteiger partial charge >= 0.3 is 6.09 Å². The van der Waals surface area contributed by atoms with Crippen LogP contribution in [0.3, 0.4) is 0 Å². The van der Waals surface area contributed by atoms with Gasteiger partial charge in [-0.1, -0.05) is 37.1 Å². The normalized spacial score (nSPS) is 31.3. The number of hydrogen-bond acceptors (Lipinski definition) is 6. The fourth-order valence-electron chi connectivity index (χ4n) is 6.50. The van der Waals surface area contributed by atoms with E-state index >= 15 is 0 Å². The number of rotatable bonds is 4. The zero-order valence-electron chi connectivity index (χ0n) is 23.9. The van der Waals surface area contributed by atoms with Crippen molar-refractivity contribution in [1.82, 2.24) is 20.4 Å². The lowest BCUT2D eigenvalue weighted by atomic mass is 10.1. The Morgan fingerprint density at radius 1 is 1.14 bits per heavy atom. The highest BCUT2D eigenvalue weighted by Gasteiger charge is 2.61. The molecule has 226 valence electrons. The second kappa shape index (κ2) is 11.7. The third-order valence-electron chi connectivity index (χ3n) is 9.39. The van der Waals surface area contributed by atoms with Crippen molar-refractivity contribution in [1.29, 1.82) is 0 Å². The van der Waals surface area contributed by atoms with Gasteiger partial charge in [0.2, 0.25) is 17.7 Å².